The lowest BCUT2D eigenvalue weighted by molar-refractivity contribution is -0.117. The Morgan fingerprint density at radius 3 is 2.58 bits per heavy atom. The van der Waals surface area contributed by atoms with Gasteiger partial charge >= 0.3 is 0 Å². The number of hydrogen-bond donors (Lipinski definition) is 2. The second-order valence-corrected chi connectivity index (χ2v) is 4.83. The van der Waals surface area contributed by atoms with E-state index in [1.807, 2.05) is 0 Å². The molecule has 1 aromatic carbocycles. The third-order valence-electron chi connectivity index (χ3n) is 2.58. The van der Waals surface area contributed by atoms with Crippen molar-refractivity contribution in [1.29, 1.82) is 0 Å². The highest BCUT2D eigenvalue weighted by Crippen LogP contribution is 2.30. The lowest BCUT2D eigenvalue weighted by Crippen LogP contribution is -2.27. The van der Waals surface area contributed by atoms with Gasteiger partial charge in [0, 0.05) is 18.8 Å². The molecule has 100 valence electrons. The number of halogens is 2. The minimum atomic E-state index is -0.832. The molecule has 1 heterocycles. The second-order valence-electron chi connectivity index (χ2n) is 4.01. The average molecular weight is 299 g/mol. The van der Waals surface area contributed by atoms with Crippen molar-refractivity contribution in [2.24, 2.45) is 12.8 Å². The largest absolute Gasteiger partial charge is 0.322 e. The van der Waals surface area contributed by atoms with Crippen LogP contribution in [0.15, 0.2) is 30.6 Å². The molecule has 0 radical (unpaired) electrons. The molecule has 7 heteroatoms. The van der Waals surface area contributed by atoms with E-state index in [1.54, 1.807) is 42.3 Å². The van der Waals surface area contributed by atoms with Gasteiger partial charge in [0.25, 0.3) is 0 Å². The monoisotopic (exact) mass is 298 g/mol. The molecule has 3 N–H and O–H groups in total. The van der Waals surface area contributed by atoms with Crippen molar-refractivity contribution in [2.75, 3.05) is 5.32 Å². The fraction of sp³-hybridized carbons (Fsp3) is 0.167. The normalized spacial score (nSPS) is 12.2. The van der Waals surface area contributed by atoms with Crippen molar-refractivity contribution < 1.29 is 4.79 Å². The quantitative estimate of drug-likeness (QED) is 0.913. The number of carbonyl (C=O) groups is 1. The van der Waals surface area contributed by atoms with Crippen LogP contribution in [0.2, 0.25) is 10.0 Å². The van der Waals surface area contributed by atoms with E-state index in [-0.39, 0.29) is 0 Å². The Kier molecular flexibility index (Phi) is 4.09. The minimum absolute atomic E-state index is 0.357. The van der Waals surface area contributed by atoms with Crippen LogP contribution in [-0.4, -0.2) is 15.7 Å². The third kappa shape index (κ3) is 3.07. The van der Waals surface area contributed by atoms with E-state index >= 15 is 0 Å². The van der Waals surface area contributed by atoms with Crippen LogP contribution < -0.4 is 11.1 Å². The Bertz CT molecular complexity index is 591. The number of aryl methyl sites for hydroxylation is 1. The molecule has 19 heavy (non-hydrogen) atoms. The molecular formula is C12H12Cl2N4O. The SMILES string of the molecule is Cn1cc(C(N)C(=O)Nc2c(Cl)cccc2Cl)cn1. The molecule has 2 aromatic rings. The van der Waals surface area contributed by atoms with E-state index in [4.69, 9.17) is 28.9 Å². The number of nitrogens with two attached hydrogens (primary N) is 1. The molecule has 1 unspecified atom stereocenters. The summed E-state index contributed by atoms with van der Waals surface area (Å²) in [4.78, 5) is 12.0. The number of nitrogens with zero attached hydrogens (tertiary/aromatic N) is 2. The number of para-hydroxylation sites is 1. The fourth-order valence-electron chi connectivity index (χ4n) is 1.57. The van der Waals surface area contributed by atoms with Crippen LogP contribution >= 0.6 is 23.2 Å². The van der Waals surface area contributed by atoms with Crippen LogP contribution in [-0.2, 0) is 11.8 Å². The highest BCUT2D eigenvalue weighted by Gasteiger charge is 2.19. The lowest BCUT2D eigenvalue weighted by Gasteiger charge is -2.12. The summed E-state index contributed by atoms with van der Waals surface area (Å²) in [5, 5.41) is 7.31. The van der Waals surface area contributed by atoms with Gasteiger partial charge in [-0.15, -0.1) is 0 Å². The summed E-state index contributed by atoms with van der Waals surface area (Å²) >= 11 is 11.9. The Morgan fingerprint density at radius 2 is 2.05 bits per heavy atom. The molecule has 5 nitrogen and oxygen atoms in total. The molecule has 1 amide bonds. The van der Waals surface area contributed by atoms with Gasteiger partial charge in [-0.3, -0.25) is 9.48 Å². The summed E-state index contributed by atoms with van der Waals surface area (Å²) < 4.78 is 1.57. The molecule has 1 atom stereocenters. The average Bonchev–Trinajstić information content (AvgIpc) is 2.79. The Morgan fingerprint density at radius 1 is 1.42 bits per heavy atom. The number of anilines is 1. The maximum Gasteiger partial charge on any atom is 0.246 e. The van der Waals surface area contributed by atoms with Gasteiger partial charge in [0.05, 0.1) is 21.9 Å². The van der Waals surface area contributed by atoms with Gasteiger partial charge in [0.1, 0.15) is 6.04 Å². The van der Waals surface area contributed by atoms with Crippen LogP contribution in [0.4, 0.5) is 5.69 Å². The Balaban J connectivity index is 2.17. The first-order chi connectivity index (χ1) is 8.99. The van der Waals surface area contributed by atoms with Crippen molar-refractivity contribution in [3.63, 3.8) is 0 Å². The molecule has 0 saturated carbocycles. The van der Waals surface area contributed by atoms with Gasteiger partial charge in [-0.2, -0.15) is 5.10 Å². The van der Waals surface area contributed by atoms with Gasteiger partial charge in [-0.05, 0) is 12.1 Å². The molecule has 0 fully saturated rings. The van der Waals surface area contributed by atoms with Gasteiger partial charge < -0.3 is 11.1 Å². The van der Waals surface area contributed by atoms with Crippen molar-refractivity contribution in [3.05, 3.63) is 46.2 Å². The number of hydrogen-bond acceptors (Lipinski definition) is 3. The summed E-state index contributed by atoms with van der Waals surface area (Å²) in [6.45, 7) is 0. The van der Waals surface area contributed by atoms with Crippen LogP contribution in [0.1, 0.15) is 11.6 Å². The molecule has 0 aliphatic carbocycles. The van der Waals surface area contributed by atoms with Crippen molar-refractivity contribution in [3.8, 4) is 0 Å². The first kappa shape index (κ1) is 13.9. The molecule has 0 saturated heterocycles. The predicted octanol–water partition coefficient (Wildman–Crippen LogP) is 2.37. The van der Waals surface area contributed by atoms with Crippen LogP contribution in [0.5, 0.6) is 0 Å². The molecule has 0 aliphatic rings. The van der Waals surface area contributed by atoms with Crippen LogP contribution in [0.3, 0.4) is 0 Å². The Labute approximate surface area is 120 Å². The molecule has 2 rings (SSSR count). The maximum atomic E-state index is 12.0. The van der Waals surface area contributed by atoms with E-state index in [1.165, 1.54) is 0 Å². The smallest absolute Gasteiger partial charge is 0.246 e. The lowest BCUT2D eigenvalue weighted by atomic mass is 10.1. The summed E-state index contributed by atoms with van der Waals surface area (Å²) in [6.07, 6.45) is 3.22. The zero-order valence-electron chi connectivity index (χ0n) is 10.1. The topological polar surface area (TPSA) is 72.9 Å². The minimum Gasteiger partial charge on any atom is -0.322 e. The van der Waals surface area contributed by atoms with E-state index < -0.39 is 11.9 Å². The second kappa shape index (κ2) is 5.61. The van der Waals surface area contributed by atoms with E-state index in [0.717, 1.165) is 0 Å². The first-order valence-electron chi connectivity index (χ1n) is 5.48. The van der Waals surface area contributed by atoms with Gasteiger partial charge in [-0.25, -0.2) is 0 Å². The molecule has 0 bridgehead atoms. The molecule has 0 spiro atoms. The highest BCUT2D eigenvalue weighted by molar-refractivity contribution is 6.39. The van der Waals surface area contributed by atoms with Gasteiger partial charge in [0.15, 0.2) is 0 Å². The highest BCUT2D eigenvalue weighted by atomic mass is 35.5. The molecular weight excluding hydrogens is 287 g/mol. The number of aromatic nitrogens is 2. The zero-order chi connectivity index (χ0) is 14.0. The van der Waals surface area contributed by atoms with Crippen molar-refractivity contribution in [2.45, 2.75) is 6.04 Å². The fourth-order valence-corrected chi connectivity index (χ4v) is 2.06. The summed E-state index contributed by atoms with van der Waals surface area (Å²) in [6, 6.07) is 4.14. The Hall–Kier alpha value is -1.56. The number of carbonyl (C=O) groups excluding carboxylic acids is 1. The van der Waals surface area contributed by atoms with E-state index in [9.17, 15) is 4.79 Å². The predicted molar refractivity (Wildman–Crippen MR) is 75.2 cm³/mol. The summed E-state index contributed by atoms with van der Waals surface area (Å²) in [7, 11) is 1.75. The van der Waals surface area contributed by atoms with E-state index in [2.05, 4.69) is 10.4 Å². The maximum absolute atomic E-state index is 12.0. The number of nitrogens with one attached hydrogen (secondary N) is 1. The third-order valence-corrected chi connectivity index (χ3v) is 3.21. The standard InChI is InChI=1S/C12H12Cl2N4O/c1-18-6-7(5-16-18)10(15)12(19)17-11-8(13)3-2-4-9(11)14/h2-6,10H,15H2,1H3,(H,17,19). The van der Waals surface area contributed by atoms with Crippen molar-refractivity contribution >= 4 is 34.8 Å². The molecule has 1 aromatic heterocycles. The van der Waals surface area contributed by atoms with Crippen LogP contribution in [0, 0.1) is 0 Å². The van der Waals surface area contributed by atoms with Gasteiger partial charge in [-0.1, -0.05) is 29.3 Å². The van der Waals surface area contributed by atoms with Crippen LogP contribution in [0.25, 0.3) is 0 Å². The number of amides is 1. The number of rotatable bonds is 3. The molecule has 0 aliphatic heterocycles. The zero-order valence-corrected chi connectivity index (χ0v) is 11.6. The summed E-state index contributed by atoms with van der Waals surface area (Å²) in [5.41, 5.74) is 6.82. The van der Waals surface area contributed by atoms with Gasteiger partial charge in [0.2, 0.25) is 5.91 Å². The summed E-state index contributed by atoms with van der Waals surface area (Å²) in [5.74, 6) is -0.400. The number of benzene rings is 1. The van der Waals surface area contributed by atoms with Crippen molar-refractivity contribution in [1.82, 2.24) is 9.78 Å². The first-order valence-corrected chi connectivity index (χ1v) is 6.23. The van der Waals surface area contributed by atoms with E-state index in [0.29, 0.717) is 21.3 Å².